The van der Waals surface area contributed by atoms with Crippen molar-refractivity contribution < 1.29 is 29.6 Å². The van der Waals surface area contributed by atoms with Crippen LogP contribution in [0, 0.1) is 5.92 Å². The zero-order valence-corrected chi connectivity index (χ0v) is 17.1. The molecular formula is C19H26B3NO6. The van der Waals surface area contributed by atoms with Gasteiger partial charge in [-0.1, -0.05) is 20.8 Å². The van der Waals surface area contributed by atoms with Crippen LogP contribution in [-0.4, -0.2) is 74.1 Å². The van der Waals surface area contributed by atoms with Crippen molar-refractivity contribution in [3.8, 4) is 11.5 Å². The van der Waals surface area contributed by atoms with E-state index in [2.05, 4.69) is 25.7 Å². The van der Waals surface area contributed by atoms with Crippen LogP contribution in [0.3, 0.4) is 0 Å². The van der Waals surface area contributed by atoms with Crippen molar-refractivity contribution in [3.05, 3.63) is 23.3 Å². The van der Waals surface area contributed by atoms with Gasteiger partial charge in [-0.2, -0.15) is 0 Å². The normalized spacial score (nSPS) is 19.7. The van der Waals surface area contributed by atoms with Crippen molar-refractivity contribution in [2.75, 3.05) is 13.1 Å². The van der Waals surface area contributed by atoms with E-state index in [-0.39, 0.29) is 23.3 Å². The minimum Gasteiger partial charge on any atom is -0.478 e. The highest BCUT2D eigenvalue weighted by atomic mass is 16.8. The van der Waals surface area contributed by atoms with Crippen LogP contribution >= 0.6 is 0 Å². The zero-order chi connectivity index (χ0) is 22.0. The van der Waals surface area contributed by atoms with E-state index in [9.17, 15) is 20.1 Å². The van der Waals surface area contributed by atoms with Crippen LogP contribution in [0.1, 0.15) is 50.8 Å². The van der Waals surface area contributed by atoms with E-state index in [0.29, 0.717) is 25.8 Å². The molecule has 2 aliphatic rings. The monoisotopic (exact) mass is 397 g/mol. The smallest absolute Gasteiger partial charge is 0.259 e. The number of ether oxygens (including phenoxy) is 2. The number of ketones is 1. The molecule has 1 aromatic carbocycles. The first-order valence-electron chi connectivity index (χ1n) is 9.59. The summed E-state index contributed by atoms with van der Waals surface area (Å²) in [6.45, 7) is 7.93. The molecule has 152 valence electrons. The summed E-state index contributed by atoms with van der Waals surface area (Å²) in [6, 6.07) is 2.91. The molecule has 0 aliphatic carbocycles. The Hall–Kier alpha value is -1.48. The minimum absolute atomic E-state index is 0.121. The number of hydrogen-bond acceptors (Lipinski definition) is 7. The Kier molecular flexibility index (Phi) is 7.49. The van der Waals surface area contributed by atoms with Crippen LogP contribution in [0.25, 0.3) is 0 Å². The Labute approximate surface area is 175 Å². The molecule has 0 spiro atoms. The molecule has 1 fully saturated rings. The Balaban J connectivity index is 0.000000687. The highest BCUT2D eigenvalue weighted by Gasteiger charge is 2.34. The Morgan fingerprint density at radius 3 is 2.14 bits per heavy atom. The molecule has 2 aliphatic heterocycles. The maximum absolute atomic E-state index is 11.9. The maximum atomic E-state index is 11.9. The van der Waals surface area contributed by atoms with Crippen molar-refractivity contribution in [2.45, 2.75) is 57.5 Å². The SMILES string of the molecule is CC(C)C.[B]C([B])(O)Oc1cc2c(cc1OC([B])(O)O)CCN1CCC(=O)CC21. The third kappa shape index (κ3) is 7.37. The van der Waals surface area contributed by atoms with E-state index >= 15 is 0 Å². The molecule has 1 atom stereocenters. The van der Waals surface area contributed by atoms with Gasteiger partial charge in [0.1, 0.15) is 11.4 Å². The molecule has 1 saturated heterocycles. The van der Waals surface area contributed by atoms with Crippen molar-refractivity contribution in [1.82, 2.24) is 4.90 Å². The number of carbonyl (C=O) groups excluding carboxylic acids is 1. The van der Waals surface area contributed by atoms with Crippen LogP contribution in [0.15, 0.2) is 12.1 Å². The van der Waals surface area contributed by atoms with Crippen LogP contribution in [0.2, 0.25) is 0 Å². The Morgan fingerprint density at radius 2 is 1.59 bits per heavy atom. The number of benzene rings is 1. The van der Waals surface area contributed by atoms with E-state index in [1.165, 1.54) is 12.1 Å². The van der Waals surface area contributed by atoms with Gasteiger partial charge in [-0.25, -0.2) is 0 Å². The standard InChI is InChI=1S/C15H16B3NO6.C4H10/c16-14(17,21)24-13-7-10-8(5-12(13)25-15(18,22)23)1-3-19-4-2-9(20)6-11(10)19;1-4(2)3/h5,7,11,21-23H,1-4,6H2;4H,1-3H3. The van der Waals surface area contributed by atoms with Crippen molar-refractivity contribution in [3.63, 3.8) is 0 Å². The molecular weight excluding hydrogens is 371 g/mol. The van der Waals surface area contributed by atoms with Gasteiger partial charge in [0.2, 0.25) is 7.85 Å². The second-order valence-corrected chi connectivity index (χ2v) is 8.14. The van der Waals surface area contributed by atoms with E-state index in [1.54, 1.807) is 0 Å². The quantitative estimate of drug-likeness (QED) is 0.489. The minimum atomic E-state index is -2.95. The van der Waals surface area contributed by atoms with Gasteiger partial charge in [0.05, 0.1) is 0 Å². The zero-order valence-electron chi connectivity index (χ0n) is 17.1. The Morgan fingerprint density at radius 1 is 1.03 bits per heavy atom. The molecule has 1 aromatic rings. The molecule has 0 aromatic heterocycles. The average molecular weight is 397 g/mol. The molecule has 1 unspecified atom stereocenters. The van der Waals surface area contributed by atoms with Gasteiger partial charge in [-0.15, -0.1) is 0 Å². The number of nitrogens with zero attached hydrogens (tertiary/aromatic N) is 1. The molecule has 7 nitrogen and oxygen atoms in total. The predicted molar refractivity (Wildman–Crippen MR) is 110 cm³/mol. The van der Waals surface area contributed by atoms with Crippen LogP contribution < -0.4 is 9.47 Å². The van der Waals surface area contributed by atoms with Crippen molar-refractivity contribution >= 4 is 29.3 Å². The molecule has 29 heavy (non-hydrogen) atoms. The topological polar surface area (TPSA) is 99.5 Å². The highest BCUT2D eigenvalue weighted by Crippen LogP contribution is 2.42. The summed E-state index contributed by atoms with van der Waals surface area (Å²) in [5, 5.41) is 28.1. The molecule has 10 heteroatoms. The largest absolute Gasteiger partial charge is 0.478 e. The fraction of sp³-hybridized carbons (Fsp3) is 0.632. The third-order valence-electron chi connectivity index (χ3n) is 4.31. The Bertz CT molecular complexity index is 727. The molecule has 2 heterocycles. The lowest BCUT2D eigenvalue weighted by Gasteiger charge is -2.40. The van der Waals surface area contributed by atoms with Gasteiger partial charge >= 0.3 is 0 Å². The van der Waals surface area contributed by atoms with Crippen LogP contribution in [-0.2, 0) is 11.2 Å². The first-order valence-corrected chi connectivity index (χ1v) is 9.59. The number of aliphatic hydroxyl groups is 3. The molecule has 0 bridgehead atoms. The van der Waals surface area contributed by atoms with Gasteiger partial charge in [0.15, 0.2) is 27.2 Å². The maximum Gasteiger partial charge on any atom is 0.259 e. The lowest BCUT2D eigenvalue weighted by Crippen LogP contribution is -2.42. The summed E-state index contributed by atoms with van der Waals surface area (Å²) in [7, 11) is 15.6. The molecule has 0 amide bonds. The molecule has 6 radical (unpaired) electrons. The van der Waals surface area contributed by atoms with E-state index < -0.39 is 11.5 Å². The summed E-state index contributed by atoms with van der Waals surface area (Å²) in [5.41, 5.74) is -0.852. The molecule has 3 N–H and O–H groups in total. The number of piperidine rings is 1. The van der Waals surface area contributed by atoms with Crippen molar-refractivity contribution in [1.29, 1.82) is 0 Å². The molecule has 3 rings (SSSR count). The fourth-order valence-electron chi connectivity index (χ4n) is 3.35. The number of Topliss-reactive ketones (excluding diaryl/α,β-unsaturated/α-hetero) is 1. The second-order valence-electron chi connectivity index (χ2n) is 8.14. The summed E-state index contributed by atoms with van der Waals surface area (Å²) >= 11 is 0. The van der Waals surface area contributed by atoms with Gasteiger partial charge < -0.3 is 24.8 Å². The summed E-state index contributed by atoms with van der Waals surface area (Å²) in [5.74, 6) is -2.22. The highest BCUT2D eigenvalue weighted by molar-refractivity contribution is 6.37. The van der Waals surface area contributed by atoms with Gasteiger partial charge in [0, 0.05) is 32.0 Å². The number of rotatable bonds is 4. The van der Waals surface area contributed by atoms with Crippen LogP contribution in [0.4, 0.5) is 0 Å². The fourth-order valence-corrected chi connectivity index (χ4v) is 3.35. The number of fused-ring (bicyclic) bond motifs is 3. The lowest BCUT2D eigenvalue weighted by atomic mass is 9.76. The van der Waals surface area contributed by atoms with Crippen molar-refractivity contribution in [2.24, 2.45) is 5.92 Å². The average Bonchev–Trinajstić information content (AvgIpc) is 2.52. The summed E-state index contributed by atoms with van der Waals surface area (Å²) in [4.78, 5) is 14.0. The van der Waals surface area contributed by atoms with E-state index in [0.717, 1.165) is 23.6 Å². The number of carbonyl (C=O) groups is 1. The van der Waals surface area contributed by atoms with Gasteiger partial charge in [-0.05, 0) is 35.6 Å². The van der Waals surface area contributed by atoms with E-state index in [4.69, 9.17) is 33.0 Å². The lowest BCUT2D eigenvalue weighted by molar-refractivity contribution is -0.224. The summed E-state index contributed by atoms with van der Waals surface area (Å²) in [6.07, 6.45) is 1.55. The first-order chi connectivity index (χ1) is 13.2. The van der Waals surface area contributed by atoms with Gasteiger partial charge in [-0.3, -0.25) is 9.69 Å². The molecule has 0 saturated carbocycles. The van der Waals surface area contributed by atoms with Crippen LogP contribution in [0.5, 0.6) is 11.5 Å². The third-order valence-corrected chi connectivity index (χ3v) is 4.31. The summed E-state index contributed by atoms with van der Waals surface area (Å²) < 4.78 is 9.92. The van der Waals surface area contributed by atoms with E-state index in [1.807, 2.05) is 0 Å². The first kappa shape index (κ1) is 23.8. The predicted octanol–water partition coefficient (Wildman–Crippen LogP) is 0.0736. The van der Waals surface area contributed by atoms with Gasteiger partial charge in [0.25, 0.3) is 5.87 Å². The second kappa shape index (κ2) is 9.12. The number of hydrogen-bond donors (Lipinski definition) is 3.